The number of hydrogen-bond acceptors (Lipinski definition) is 7. The zero-order valence-corrected chi connectivity index (χ0v) is 20.9. The number of esters is 1. The summed E-state index contributed by atoms with van der Waals surface area (Å²) in [5.41, 5.74) is 5.09. The van der Waals surface area contributed by atoms with Crippen molar-refractivity contribution in [3.8, 4) is 5.75 Å². The minimum atomic E-state index is -0.600. The van der Waals surface area contributed by atoms with Gasteiger partial charge < -0.3 is 14.8 Å². The molecule has 8 heteroatoms. The van der Waals surface area contributed by atoms with Crippen LogP contribution >= 0.6 is 11.6 Å². The Morgan fingerprint density at radius 2 is 1.83 bits per heavy atom. The van der Waals surface area contributed by atoms with Crippen LogP contribution in [0.5, 0.6) is 5.75 Å². The number of nitrogens with zero attached hydrogens (tertiary/aromatic N) is 2. The van der Waals surface area contributed by atoms with Crippen LogP contribution in [0, 0.1) is 12.8 Å². The van der Waals surface area contributed by atoms with E-state index in [9.17, 15) is 9.59 Å². The highest BCUT2D eigenvalue weighted by Gasteiger charge is 2.31. The zero-order chi connectivity index (χ0) is 25.3. The Bertz CT molecular complexity index is 1330. The van der Waals surface area contributed by atoms with Crippen LogP contribution in [-0.4, -0.2) is 36.7 Å². The second-order valence-corrected chi connectivity index (χ2v) is 8.84. The average molecular weight is 492 g/mol. The molecule has 0 saturated carbocycles. The molecule has 2 aromatic carbocycles. The third kappa shape index (κ3) is 4.77. The number of nitrogens with one attached hydrogen (secondary N) is 1. The number of pyridine rings is 1. The second kappa shape index (κ2) is 9.88. The highest BCUT2D eigenvalue weighted by Crippen LogP contribution is 2.39. The van der Waals surface area contributed by atoms with Crippen LogP contribution in [0.4, 0.5) is 11.4 Å². The number of aryl methyl sites for hydroxylation is 1. The third-order valence-corrected chi connectivity index (χ3v) is 6.26. The van der Waals surface area contributed by atoms with Gasteiger partial charge in [0, 0.05) is 11.1 Å². The molecule has 2 heterocycles. The molecule has 0 amide bonds. The highest BCUT2D eigenvalue weighted by atomic mass is 35.5. The summed E-state index contributed by atoms with van der Waals surface area (Å²) in [6.45, 7) is 5.76. The summed E-state index contributed by atoms with van der Waals surface area (Å²) in [7, 11) is 2.90. The summed E-state index contributed by atoms with van der Waals surface area (Å²) in [5.74, 6) is -0.240. The van der Waals surface area contributed by atoms with E-state index in [1.165, 1.54) is 7.11 Å². The van der Waals surface area contributed by atoms with Gasteiger partial charge in [-0.25, -0.2) is 9.78 Å². The maximum Gasteiger partial charge on any atom is 0.358 e. The molecule has 0 spiro atoms. The van der Waals surface area contributed by atoms with Gasteiger partial charge in [0.1, 0.15) is 10.9 Å². The smallest absolute Gasteiger partial charge is 0.358 e. The number of halogens is 1. The van der Waals surface area contributed by atoms with Gasteiger partial charge in [-0.2, -0.15) is 0 Å². The van der Waals surface area contributed by atoms with E-state index in [1.54, 1.807) is 19.2 Å². The number of aliphatic imine (C=N–C) groups is 1. The Hall–Kier alpha value is -3.71. The van der Waals surface area contributed by atoms with E-state index in [0.717, 1.165) is 22.4 Å². The number of ether oxygens (including phenoxy) is 2. The number of benzene rings is 2. The topological polar surface area (TPSA) is 89.9 Å². The summed E-state index contributed by atoms with van der Waals surface area (Å²) in [4.78, 5) is 34.8. The first-order valence-corrected chi connectivity index (χ1v) is 11.5. The highest BCUT2D eigenvalue weighted by molar-refractivity contribution is 6.29. The molecule has 2 atom stereocenters. The number of rotatable bonds is 6. The lowest BCUT2D eigenvalue weighted by Gasteiger charge is -2.26. The number of hydrogen-bond donors (Lipinski definition) is 1. The van der Waals surface area contributed by atoms with Crippen LogP contribution < -0.4 is 10.1 Å². The van der Waals surface area contributed by atoms with Crippen molar-refractivity contribution >= 4 is 40.4 Å². The van der Waals surface area contributed by atoms with Crippen LogP contribution in [0.3, 0.4) is 0 Å². The molecule has 1 N–H and O–H groups in total. The van der Waals surface area contributed by atoms with E-state index in [-0.39, 0.29) is 28.6 Å². The largest absolute Gasteiger partial charge is 0.497 e. The Morgan fingerprint density at radius 3 is 2.49 bits per heavy atom. The molecule has 2 unspecified atom stereocenters. The van der Waals surface area contributed by atoms with Gasteiger partial charge in [0.15, 0.2) is 11.5 Å². The molecule has 180 valence electrons. The van der Waals surface area contributed by atoms with Gasteiger partial charge in [0.05, 0.1) is 43.3 Å². The molecular formula is C27H26ClN3O4. The number of fused-ring (bicyclic) bond motifs is 1. The van der Waals surface area contributed by atoms with Crippen LogP contribution in [0.15, 0.2) is 53.5 Å². The lowest BCUT2D eigenvalue weighted by molar-refractivity contribution is 0.0595. The number of Topliss-reactive ketones (excluding diaryl/α,β-unsaturated/α-hetero) is 1. The number of anilines is 1. The van der Waals surface area contributed by atoms with Gasteiger partial charge in [-0.3, -0.25) is 9.79 Å². The van der Waals surface area contributed by atoms with Gasteiger partial charge in [0.2, 0.25) is 0 Å². The predicted octanol–water partition coefficient (Wildman–Crippen LogP) is 5.96. The summed E-state index contributed by atoms with van der Waals surface area (Å²) < 4.78 is 10.1. The van der Waals surface area contributed by atoms with Crippen LogP contribution in [0.25, 0.3) is 0 Å². The average Bonchev–Trinajstić information content (AvgIpc) is 2.86. The first-order valence-electron chi connectivity index (χ1n) is 11.2. The van der Waals surface area contributed by atoms with E-state index >= 15 is 0 Å². The predicted molar refractivity (Wildman–Crippen MR) is 136 cm³/mol. The maximum atomic E-state index is 13.4. The first kappa shape index (κ1) is 24.4. The van der Waals surface area contributed by atoms with E-state index in [2.05, 4.69) is 10.3 Å². The van der Waals surface area contributed by atoms with Crippen molar-refractivity contribution in [3.63, 3.8) is 0 Å². The van der Waals surface area contributed by atoms with Crippen molar-refractivity contribution in [3.05, 3.63) is 81.6 Å². The molecule has 1 aliphatic rings. The van der Waals surface area contributed by atoms with Crippen LogP contribution in [-0.2, 0) is 4.74 Å². The molecule has 1 aromatic heterocycles. The summed E-state index contributed by atoms with van der Waals surface area (Å²) in [5, 5.41) is 3.51. The van der Waals surface area contributed by atoms with Gasteiger partial charge in [0.25, 0.3) is 0 Å². The van der Waals surface area contributed by atoms with E-state index in [1.807, 2.05) is 57.2 Å². The van der Waals surface area contributed by atoms with Crippen LogP contribution in [0.1, 0.15) is 57.4 Å². The van der Waals surface area contributed by atoms with Crippen molar-refractivity contribution < 1.29 is 19.1 Å². The number of ketones is 1. The number of aromatic nitrogens is 1. The monoisotopic (exact) mass is 491 g/mol. The fourth-order valence-electron chi connectivity index (χ4n) is 4.22. The fourth-order valence-corrected chi connectivity index (χ4v) is 4.36. The molecule has 0 aliphatic carbocycles. The Balaban J connectivity index is 1.79. The van der Waals surface area contributed by atoms with Crippen molar-refractivity contribution in [1.82, 2.24) is 4.98 Å². The number of carbonyl (C=O) groups is 2. The molecule has 0 saturated heterocycles. The molecule has 4 rings (SSSR count). The zero-order valence-electron chi connectivity index (χ0n) is 20.2. The van der Waals surface area contributed by atoms with Gasteiger partial charge >= 0.3 is 5.97 Å². The Morgan fingerprint density at radius 1 is 1.11 bits per heavy atom. The molecule has 1 aliphatic heterocycles. The molecule has 3 aromatic rings. The normalized spacial score (nSPS) is 15.7. The molecular weight excluding hydrogens is 466 g/mol. The number of methoxy groups -OCH3 is 2. The number of carbonyl (C=O) groups excluding carboxylic acids is 2. The molecule has 0 fully saturated rings. The van der Waals surface area contributed by atoms with Crippen molar-refractivity contribution in [1.29, 1.82) is 0 Å². The first-order chi connectivity index (χ1) is 16.7. The van der Waals surface area contributed by atoms with Crippen molar-refractivity contribution in [2.45, 2.75) is 26.8 Å². The fraction of sp³-hybridized carbons (Fsp3) is 0.259. The second-order valence-electron chi connectivity index (χ2n) is 8.45. The molecule has 35 heavy (non-hydrogen) atoms. The molecule has 0 bridgehead atoms. The minimum absolute atomic E-state index is 0.0152. The van der Waals surface area contributed by atoms with Crippen LogP contribution in [0.2, 0.25) is 5.15 Å². The molecule has 0 radical (unpaired) electrons. The standard InChI is InChI=1S/C27H26ClN3O4/c1-14-12-19(16(3)29-21-10-11-22(28)30-25(21)27(33)35-5)24-20(13-14)26(32)15(2)23(31-24)17-6-8-18(34-4)9-7-17/h6-13,15-16,29H,1-5H3. The van der Waals surface area contributed by atoms with E-state index < -0.39 is 5.97 Å². The van der Waals surface area contributed by atoms with Crippen molar-refractivity contribution in [2.24, 2.45) is 10.9 Å². The summed E-state index contributed by atoms with van der Waals surface area (Å²) >= 11 is 6.00. The maximum absolute atomic E-state index is 13.4. The minimum Gasteiger partial charge on any atom is -0.497 e. The quantitative estimate of drug-likeness (QED) is 0.337. The van der Waals surface area contributed by atoms with Gasteiger partial charge in [-0.15, -0.1) is 0 Å². The Kier molecular flexibility index (Phi) is 6.89. The Labute approximate surface area is 209 Å². The SMILES string of the molecule is COC(=O)c1nc(Cl)ccc1NC(C)c1cc(C)cc2c1N=C(c1ccc(OC)cc1)C(C)C2=O. The van der Waals surface area contributed by atoms with Crippen molar-refractivity contribution in [2.75, 3.05) is 19.5 Å². The lowest BCUT2D eigenvalue weighted by Crippen LogP contribution is -2.26. The van der Waals surface area contributed by atoms with E-state index in [4.69, 9.17) is 26.1 Å². The lowest BCUT2D eigenvalue weighted by atomic mass is 9.84. The molecule has 7 nitrogen and oxygen atoms in total. The van der Waals surface area contributed by atoms with Gasteiger partial charge in [-0.1, -0.05) is 17.7 Å². The van der Waals surface area contributed by atoms with Gasteiger partial charge in [-0.05, 0) is 74.4 Å². The summed E-state index contributed by atoms with van der Waals surface area (Å²) in [6, 6.07) is 14.4. The third-order valence-electron chi connectivity index (χ3n) is 6.05. The summed E-state index contributed by atoms with van der Waals surface area (Å²) in [6.07, 6.45) is 0. The van der Waals surface area contributed by atoms with E-state index in [0.29, 0.717) is 22.6 Å².